The van der Waals surface area contributed by atoms with Crippen LogP contribution in [0, 0.1) is 5.92 Å². The first-order valence-corrected chi connectivity index (χ1v) is 10.3. The van der Waals surface area contributed by atoms with Crippen molar-refractivity contribution in [1.29, 1.82) is 0 Å². The molecule has 3 rings (SSSR count). The van der Waals surface area contributed by atoms with Crippen molar-refractivity contribution in [1.82, 2.24) is 14.7 Å². The number of amides is 1. The lowest BCUT2D eigenvalue weighted by molar-refractivity contribution is -0.135. The van der Waals surface area contributed by atoms with Crippen molar-refractivity contribution in [3.05, 3.63) is 60.2 Å². The first-order chi connectivity index (χ1) is 13.9. The molecule has 1 aliphatic rings. The number of rotatable bonds is 6. The third kappa shape index (κ3) is 6.05. The standard InChI is InChI=1S/C24H33N3O2/c1-25(2)21-13-12-20(17-26(3)18-21)24(28)27(4)16-19-10-14-23(15-11-19)29-22-8-6-5-7-9-22/h5-11,14-15,20-21H,12-13,16-18H2,1-4H3/t20-,21+/m1/s1. The van der Waals surface area contributed by atoms with Gasteiger partial charge in [-0.3, -0.25) is 4.79 Å². The lowest BCUT2D eigenvalue weighted by atomic mass is 10.00. The molecule has 29 heavy (non-hydrogen) atoms. The molecule has 0 N–H and O–H groups in total. The predicted molar refractivity (Wildman–Crippen MR) is 117 cm³/mol. The second-order valence-corrected chi connectivity index (χ2v) is 8.37. The Morgan fingerprint density at radius 2 is 1.62 bits per heavy atom. The fourth-order valence-electron chi connectivity index (χ4n) is 3.96. The van der Waals surface area contributed by atoms with Gasteiger partial charge in [0.25, 0.3) is 0 Å². The number of ether oxygens (including phenoxy) is 1. The van der Waals surface area contributed by atoms with Crippen LogP contribution < -0.4 is 4.74 Å². The molecule has 156 valence electrons. The molecule has 0 unspecified atom stereocenters. The van der Waals surface area contributed by atoms with Crippen molar-refractivity contribution < 1.29 is 9.53 Å². The first-order valence-electron chi connectivity index (χ1n) is 10.3. The second kappa shape index (κ2) is 9.90. The lowest BCUT2D eigenvalue weighted by Crippen LogP contribution is -2.39. The third-order valence-electron chi connectivity index (χ3n) is 5.68. The predicted octanol–water partition coefficient (Wildman–Crippen LogP) is 3.71. The highest BCUT2D eigenvalue weighted by atomic mass is 16.5. The molecule has 0 aromatic heterocycles. The summed E-state index contributed by atoms with van der Waals surface area (Å²) >= 11 is 0. The number of likely N-dealkylation sites (tertiary alicyclic amines) is 1. The van der Waals surface area contributed by atoms with E-state index in [0.29, 0.717) is 12.6 Å². The Morgan fingerprint density at radius 1 is 0.966 bits per heavy atom. The smallest absolute Gasteiger partial charge is 0.227 e. The van der Waals surface area contributed by atoms with Gasteiger partial charge >= 0.3 is 0 Å². The molecule has 2 atom stereocenters. The van der Waals surface area contributed by atoms with Gasteiger partial charge in [-0.25, -0.2) is 0 Å². The van der Waals surface area contributed by atoms with Gasteiger partial charge in [-0.1, -0.05) is 30.3 Å². The van der Waals surface area contributed by atoms with Gasteiger partial charge in [0.1, 0.15) is 11.5 Å². The Labute approximate surface area is 174 Å². The average Bonchev–Trinajstić information content (AvgIpc) is 2.91. The minimum absolute atomic E-state index is 0.0654. The molecule has 1 heterocycles. The lowest BCUT2D eigenvalue weighted by Gasteiger charge is -2.26. The summed E-state index contributed by atoms with van der Waals surface area (Å²) in [4.78, 5) is 19.5. The molecule has 1 saturated heterocycles. The van der Waals surface area contributed by atoms with E-state index >= 15 is 0 Å². The molecular weight excluding hydrogens is 362 g/mol. The average molecular weight is 396 g/mol. The van der Waals surface area contributed by atoms with Crippen molar-refractivity contribution in [2.75, 3.05) is 41.3 Å². The number of carbonyl (C=O) groups excluding carboxylic acids is 1. The van der Waals surface area contributed by atoms with Crippen LogP contribution in [-0.4, -0.2) is 67.9 Å². The highest BCUT2D eigenvalue weighted by Crippen LogP contribution is 2.23. The number of hydrogen-bond donors (Lipinski definition) is 0. The number of nitrogens with zero attached hydrogens (tertiary/aromatic N) is 3. The topological polar surface area (TPSA) is 36.0 Å². The number of likely N-dealkylation sites (N-methyl/N-ethyl adjacent to an activating group) is 2. The summed E-state index contributed by atoms with van der Waals surface area (Å²) in [5, 5.41) is 0. The van der Waals surface area contributed by atoms with E-state index in [1.54, 1.807) is 0 Å². The Hall–Kier alpha value is -2.37. The van der Waals surface area contributed by atoms with Crippen molar-refractivity contribution in [3.63, 3.8) is 0 Å². The van der Waals surface area contributed by atoms with E-state index in [9.17, 15) is 4.79 Å². The van der Waals surface area contributed by atoms with E-state index in [0.717, 1.165) is 43.0 Å². The van der Waals surface area contributed by atoms with Gasteiger partial charge in [0.05, 0.1) is 5.92 Å². The maximum absolute atomic E-state index is 13.0. The van der Waals surface area contributed by atoms with Crippen molar-refractivity contribution in [3.8, 4) is 11.5 Å². The minimum atomic E-state index is 0.0654. The summed E-state index contributed by atoms with van der Waals surface area (Å²) in [6.45, 7) is 2.46. The van der Waals surface area contributed by atoms with Crippen LogP contribution in [0.4, 0.5) is 0 Å². The van der Waals surface area contributed by atoms with Crippen LogP contribution in [0.15, 0.2) is 54.6 Å². The third-order valence-corrected chi connectivity index (χ3v) is 5.68. The molecule has 5 nitrogen and oxygen atoms in total. The van der Waals surface area contributed by atoms with Gasteiger partial charge in [-0.2, -0.15) is 0 Å². The number of para-hydroxylation sites is 1. The van der Waals surface area contributed by atoms with Gasteiger partial charge in [-0.05, 0) is 63.8 Å². The van der Waals surface area contributed by atoms with Crippen LogP contribution in [0.25, 0.3) is 0 Å². The SMILES string of the molecule is CN1C[C@H](C(=O)N(C)Cc2ccc(Oc3ccccc3)cc2)CC[C@H](N(C)C)C1. The van der Waals surface area contributed by atoms with Crippen molar-refractivity contribution in [2.24, 2.45) is 5.92 Å². The molecule has 2 aromatic rings. The summed E-state index contributed by atoms with van der Waals surface area (Å²) in [5.41, 5.74) is 1.11. The highest BCUT2D eigenvalue weighted by Gasteiger charge is 2.29. The van der Waals surface area contributed by atoms with Gasteiger partial charge < -0.3 is 19.4 Å². The van der Waals surface area contributed by atoms with Gasteiger partial charge in [-0.15, -0.1) is 0 Å². The van der Waals surface area contributed by atoms with Crippen molar-refractivity contribution >= 4 is 5.91 Å². The normalized spacial score (nSPS) is 20.3. The summed E-state index contributed by atoms with van der Waals surface area (Å²) in [6, 6.07) is 18.2. The molecule has 0 saturated carbocycles. The van der Waals surface area contributed by atoms with Crippen LogP contribution >= 0.6 is 0 Å². The quantitative estimate of drug-likeness (QED) is 0.747. The molecule has 5 heteroatoms. The number of benzene rings is 2. The van der Waals surface area contributed by atoms with E-state index in [2.05, 4.69) is 30.9 Å². The van der Waals surface area contributed by atoms with Crippen LogP contribution in [0.1, 0.15) is 18.4 Å². The van der Waals surface area contributed by atoms with E-state index < -0.39 is 0 Å². The van der Waals surface area contributed by atoms with Crippen LogP contribution in [0.2, 0.25) is 0 Å². The zero-order valence-corrected chi connectivity index (χ0v) is 18.0. The fourth-order valence-corrected chi connectivity index (χ4v) is 3.96. The second-order valence-electron chi connectivity index (χ2n) is 8.37. The zero-order chi connectivity index (χ0) is 20.8. The summed E-state index contributed by atoms with van der Waals surface area (Å²) in [6.07, 6.45) is 2.01. The largest absolute Gasteiger partial charge is 0.457 e. The van der Waals surface area contributed by atoms with E-state index in [4.69, 9.17) is 4.74 Å². The van der Waals surface area contributed by atoms with Crippen LogP contribution in [0.5, 0.6) is 11.5 Å². The van der Waals surface area contributed by atoms with Gasteiger partial charge in [0.2, 0.25) is 5.91 Å². The fraction of sp³-hybridized carbons (Fsp3) is 0.458. The van der Waals surface area contributed by atoms with Crippen molar-refractivity contribution in [2.45, 2.75) is 25.4 Å². The number of carbonyl (C=O) groups is 1. The Kier molecular flexibility index (Phi) is 7.29. The Balaban J connectivity index is 1.56. The molecule has 0 spiro atoms. The van der Waals surface area contributed by atoms with E-state index in [1.165, 1.54) is 0 Å². The van der Waals surface area contributed by atoms with Gasteiger partial charge in [0, 0.05) is 32.7 Å². The van der Waals surface area contributed by atoms with E-state index in [-0.39, 0.29) is 11.8 Å². The molecule has 0 aliphatic carbocycles. The zero-order valence-electron chi connectivity index (χ0n) is 18.0. The highest BCUT2D eigenvalue weighted by molar-refractivity contribution is 5.78. The summed E-state index contributed by atoms with van der Waals surface area (Å²) in [7, 11) is 8.27. The van der Waals surface area contributed by atoms with Crippen LogP contribution in [0.3, 0.4) is 0 Å². The minimum Gasteiger partial charge on any atom is -0.457 e. The van der Waals surface area contributed by atoms with Gasteiger partial charge in [0.15, 0.2) is 0 Å². The Bertz CT molecular complexity index is 776. The maximum Gasteiger partial charge on any atom is 0.227 e. The van der Waals surface area contributed by atoms with Crippen LogP contribution in [-0.2, 0) is 11.3 Å². The molecule has 0 bridgehead atoms. The molecule has 1 aliphatic heterocycles. The molecule has 0 radical (unpaired) electrons. The summed E-state index contributed by atoms with van der Waals surface area (Å²) in [5.74, 6) is 1.92. The summed E-state index contributed by atoms with van der Waals surface area (Å²) < 4.78 is 5.85. The maximum atomic E-state index is 13.0. The monoisotopic (exact) mass is 395 g/mol. The molecule has 2 aromatic carbocycles. The molecular formula is C24H33N3O2. The molecule has 1 amide bonds. The Morgan fingerprint density at radius 3 is 2.28 bits per heavy atom. The number of hydrogen-bond acceptors (Lipinski definition) is 4. The first kappa shape index (κ1) is 21.3. The van der Waals surface area contributed by atoms with E-state index in [1.807, 2.05) is 66.5 Å². The molecule has 1 fully saturated rings.